The van der Waals surface area contributed by atoms with Gasteiger partial charge in [0.25, 0.3) is 0 Å². The number of benzene rings is 4. The van der Waals surface area contributed by atoms with Gasteiger partial charge < -0.3 is 4.57 Å². The van der Waals surface area contributed by atoms with E-state index in [1.165, 1.54) is 16.3 Å². The number of nitrogens with zero attached hydrogens (tertiary/aromatic N) is 2. The molecule has 1 amide bonds. The van der Waals surface area contributed by atoms with Crippen LogP contribution in [0.3, 0.4) is 0 Å². The van der Waals surface area contributed by atoms with Crippen molar-refractivity contribution >= 4 is 45.4 Å². The summed E-state index contributed by atoms with van der Waals surface area (Å²) in [5.74, 6) is -0.173. The van der Waals surface area contributed by atoms with E-state index < -0.39 is 0 Å². The summed E-state index contributed by atoms with van der Waals surface area (Å²) in [7, 11) is 0. The fourth-order valence-electron chi connectivity index (χ4n) is 4.12. The van der Waals surface area contributed by atoms with Crippen molar-refractivity contribution in [3.63, 3.8) is 0 Å². The van der Waals surface area contributed by atoms with Crippen LogP contribution in [0.15, 0.2) is 102 Å². The topological polar surface area (TPSA) is 46.4 Å². The Balaban J connectivity index is 1.37. The van der Waals surface area contributed by atoms with Gasteiger partial charge in [-0.25, -0.2) is 5.43 Å². The molecule has 33 heavy (non-hydrogen) atoms. The fraction of sp³-hybridized carbons (Fsp3) is 0.0714. The Morgan fingerprint density at radius 1 is 0.879 bits per heavy atom. The zero-order chi connectivity index (χ0) is 22.6. The highest BCUT2D eigenvalue weighted by Crippen LogP contribution is 2.24. The average molecular weight is 452 g/mol. The van der Waals surface area contributed by atoms with Crippen molar-refractivity contribution in [3.05, 3.63) is 119 Å². The second-order valence-electron chi connectivity index (χ2n) is 7.96. The van der Waals surface area contributed by atoms with Gasteiger partial charge in [0.15, 0.2) is 0 Å². The molecule has 0 aliphatic rings. The molecule has 0 aliphatic carbocycles. The van der Waals surface area contributed by atoms with Crippen molar-refractivity contribution in [2.75, 3.05) is 0 Å². The summed E-state index contributed by atoms with van der Waals surface area (Å²) < 4.78 is 2.23. The molecule has 0 atom stereocenters. The molecule has 1 N–H and O–H groups in total. The lowest BCUT2D eigenvalue weighted by Gasteiger charge is -2.09. The maximum Gasteiger partial charge on any atom is 0.244 e. The van der Waals surface area contributed by atoms with Gasteiger partial charge >= 0.3 is 0 Å². The quantitative estimate of drug-likeness (QED) is 0.243. The van der Waals surface area contributed by atoms with Crippen LogP contribution in [0.25, 0.3) is 21.7 Å². The van der Waals surface area contributed by atoms with Crippen LogP contribution in [0.4, 0.5) is 0 Å². The molecule has 0 saturated heterocycles. The smallest absolute Gasteiger partial charge is 0.244 e. The molecule has 4 nitrogen and oxygen atoms in total. The first-order valence-corrected chi connectivity index (χ1v) is 11.2. The van der Waals surface area contributed by atoms with E-state index in [0.717, 1.165) is 28.6 Å². The molecule has 0 bridgehead atoms. The molecule has 0 unspecified atom stereocenters. The van der Waals surface area contributed by atoms with Crippen molar-refractivity contribution in [2.45, 2.75) is 13.0 Å². The van der Waals surface area contributed by atoms with Gasteiger partial charge in [-0.1, -0.05) is 84.4 Å². The van der Waals surface area contributed by atoms with E-state index in [0.29, 0.717) is 5.02 Å². The number of rotatable bonds is 6. The number of amides is 1. The number of aromatic nitrogens is 1. The Kier molecular flexibility index (Phi) is 5.92. The van der Waals surface area contributed by atoms with E-state index in [9.17, 15) is 4.79 Å². The van der Waals surface area contributed by atoms with Crippen LogP contribution in [0.2, 0.25) is 5.02 Å². The molecule has 0 spiro atoms. The fourth-order valence-corrected chi connectivity index (χ4v) is 4.25. The van der Waals surface area contributed by atoms with Gasteiger partial charge in [0.2, 0.25) is 5.91 Å². The molecular formula is C28H22ClN3O. The van der Waals surface area contributed by atoms with E-state index in [1.807, 2.05) is 24.3 Å². The summed E-state index contributed by atoms with van der Waals surface area (Å²) >= 11 is 5.90. The Morgan fingerprint density at radius 2 is 1.61 bits per heavy atom. The highest BCUT2D eigenvalue weighted by atomic mass is 35.5. The van der Waals surface area contributed by atoms with Crippen LogP contribution in [-0.2, 0) is 17.8 Å². The second-order valence-corrected chi connectivity index (χ2v) is 8.40. The molecule has 1 heterocycles. The Hall–Kier alpha value is -3.89. The number of fused-ring (bicyclic) bond motifs is 2. The van der Waals surface area contributed by atoms with Gasteiger partial charge in [-0.3, -0.25) is 4.79 Å². The molecule has 0 aliphatic heterocycles. The van der Waals surface area contributed by atoms with Crippen LogP contribution >= 0.6 is 11.6 Å². The number of halogens is 1. The number of carbonyl (C=O) groups excluding carboxylic acids is 1. The lowest BCUT2D eigenvalue weighted by molar-refractivity contribution is -0.120. The standard InChI is InChI=1S/C28H22ClN3O/c29-24-14-12-20(13-15-24)16-28(33)31-30-17-23-19-32(27-11-4-3-10-26(23)27)18-22-8-5-7-21-6-1-2-9-25(21)22/h1-15,17,19H,16,18H2,(H,31,33)/b30-17-. The Bertz CT molecular complexity index is 1460. The van der Waals surface area contributed by atoms with E-state index in [4.69, 9.17) is 11.6 Å². The molecule has 0 saturated carbocycles. The van der Waals surface area contributed by atoms with E-state index in [-0.39, 0.29) is 12.3 Å². The maximum absolute atomic E-state index is 12.3. The van der Waals surface area contributed by atoms with Gasteiger partial charge in [-0.05, 0) is 40.1 Å². The van der Waals surface area contributed by atoms with Crippen LogP contribution in [0, 0.1) is 0 Å². The van der Waals surface area contributed by atoms with Crippen LogP contribution in [0.1, 0.15) is 16.7 Å². The van der Waals surface area contributed by atoms with E-state index in [1.54, 1.807) is 18.3 Å². The van der Waals surface area contributed by atoms with Crippen LogP contribution in [-0.4, -0.2) is 16.7 Å². The average Bonchev–Trinajstić information content (AvgIpc) is 3.18. The summed E-state index contributed by atoms with van der Waals surface area (Å²) in [6.07, 6.45) is 4.04. The first-order chi connectivity index (χ1) is 16.2. The number of hydrogen-bond acceptors (Lipinski definition) is 2. The third-order valence-corrected chi connectivity index (χ3v) is 5.96. The predicted molar refractivity (Wildman–Crippen MR) is 136 cm³/mol. The predicted octanol–water partition coefficient (Wildman–Crippen LogP) is 6.19. The Morgan fingerprint density at radius 3 is 2.45 bits per heavy atom. The number of hydrogen-bond donors (Lipinski definition) is 1. The largest absolute Gasteiger partial charge is 0.342 e. The SMILES string of the molecule is O=C(Cc1ccc(Cl)cc1)N/N=C\c1cn(Cc2cccc3ccccc23)c2ccccc12. The first kappa shape index (κ1) is 21.0. The van der Waals surface area contributed by atoms with Crippen molar-refractivity contribution in [2.24, 2.45) is 5.10 Å². The molecule has 0 fully saturated rings. The minimum absolute atomic E-state index is 0.173. The molecule has 4 aromatic carbocycles. The van der Waals surface area contributed by atoms with E-state index >= 15 is 0 Å². The molecule has 162 valence electrons. The highest BCUT2D eigenvalue weighted by molar-refractivity contribution is 6.30. The molecule has 5 aromatic rings. The number of nitrogens with one attached hydrogen (secondary N) is 1. The minimum Gasteiger partial charge on any atom is -0.342 e. The molecule has 1 aromatic heterocycles. The molecule has 5 heteroatoms. The third kappa shape index (κ3) is 4.66. The molecule has 0 radical (unpaired) electrons. The van der Waals surface area contributed by atoms with E-state index in [2.05, 4.69) is 75.9 Å². The number of hydrazone groups is 1. The monoisotopic (exact) mass is 451 g/mol. The summed E-state index contributed by atoms with van der Waals surface area (Å²) in [5, 5.41) is 8.44. The van der Waals surface area contributed by atoms with Crippen molar-refractivity contribution in [3.8, 4) is 0 Å². The zero-order valence-corrected chi connectivity index (χ0v) is 18.7. The highest BCUT2D eigenvalue weighted by Gasteiger charge is 2.09. The summed E-state index contributed by atoms with van der Waals surface area (Å²) in [6, 6.07) is 30.3. The number of para-hydroxylation sites is 1. The van der Waals surface area contributed by atoms with Crippen LogP contribution in [0.5, 0.6) is 0 Å². The van der Waals surface area contributed by atoms with Gasteiger partial charge in [0.05, 0.1) is 12.6 Å². The van der Waals surface area contributed by atoms with Crippen LogP contribution < -0.4 is 5.43 Å². The lowest BCUT2D eigenvalue weighted by atomic mass is 10.0. The van der Waals surface area contributed by atoms with Gasteiger partial charge in [-0.2, -0.15) is 5.10 Å². The van der Waals surface area contributed by atoms with Gasteiger partial charge in [0, 0.05) is 34.2 Å². The first-order valence-electron chi connectivity index (χ1n) is 10.8. The van der Waals surface area contributed by atoms with Crippen molar-refractivity contribution in [1.82, 2.24) is 9.99 Å². The van der Waals surface area contributed by atoms with Crippen molar-refractivity contribution in [1.29, 1.82) is 0 Å². The summed E-state index contributed by atoms with van der Waals surface area (Å²) in [5.41, 5.74) is 6.86. The maximum atomic E-state index is 12.3. The van der Waals surface area contributed by atoms with Gasteiger partial charge in [0.1, 0.15) is 0 Å². The summed E-state index contributed by atoms with van der Waals surface area (Å²) in [4.78, 5) is 12.3. The zero-order valence-electron chi connectivity index (χ0n) is 17.9. The second kappa shape index (κ2) is 9.31. The number of carbonyl (C=O) groups is 1. The molecular weight excluding hydrogens is 430 g/mol. The normalized spacial score (nSPS) is 11.4. The Labute approximate surface area is 197 Å². The summed E-state index contributed by atoms with van der Waals surface area (Å²) in [6.45, 7) is 0.749. The minimum atomic E-state index is -0.173. The van der Waals surface area contributed by atoms with Crippen molar-refractivity contribution < 1.29 is 4.79 Å². The molecule has 5 rings (SSSR count). The van der Waals surface area contributed by atoms with Gasteiger partial charge in [-0.15, -0.1) is 0 Å². The third-order valence-electron chi connectivity index (χ3n) is 5.71. The lowest BCUT2D eigenvalue weighted by Crippen LogP contribution is -2.19.